The molecule has 0 radical (unpaired) electrons. The second-order valence-electron chi connectivity index (χ2n) is 3.68. The molecule has 2 aromatic rings. The van der Waals surface area contributed by atoms with Gasteiger partial charge in [0.1, 0.15) is 5.69 Å². The number of aromatic nitrogens is 3. The normalized spacial score (nSPS) is 12.7. The summed E-state index contributed by atoms with van der Waals surface area (Å²) in [7, 11) is 0. The van der Waals surface area contributed by atoms with Gasteiger partial charge in [-0.3, -0.25) is 0 Å². The maximum Gasteiger partial charge on any atom is 0.104 e. The van der Waals surface area contributed by atoms with Crippen molar-refractivity contribution >= 4 is 50.7 Å². The van der Waals surface area contributed by atoms with E-state index in [1.54, 1.807) is 23.0 Å². The fourth-order valence-electron chi connectivity index (χ4n) is 1.49. The van der Waals surface area contributed by atoms with Gasteiger partial charge in [0.2, 0.25) is 0 Å². The minimum atomic E-state index is 0.163. The zero-order chi connectivity index (χ0) is 13.3. The lowest BCUT2D eigenvalue weighted by Gasteiger charge is -2.06. The zero-order valence-corrected chi connectivity index (χ0v) is 13.2. The van der Waals surface area contributed by atoms with Gasteiger partial charge in [-0.15, -0.1) is 5.10 Å². The van der Waals surface area contributed by atoms with Crippen LogP contribution in [0.25, 0.3) is 5.69 Å². The van der Waals surface area contributed by atoms with Crippen molar-refractivity contribution in [3.05, 3.63) is 39.1 Å². The Morgan fingerprint density at radius 1 is 1.28 bits per heavy atom. The summed E-state index contributed by atoms with van der Waals surface area (Å²) in [5.41, 5.74) is 1.41. The first-order valence-corrected chi connectivity index (χ1v) is 7.29. The zero-order valence-electron chi connectivity index (χ0n) is 9.37. The first kappa shape index (κ1) is 14.1. The highest BCUT2D eigenvalue weighted by Crippen LogP contribution is 2.32. The summed E-state index contributed by atoms with van der Waals surface area (Å²) >= 11 is 21.6. The van der Waals surface area contributed by atoms with Crippen molar-refractivity contribution in [3.8, 4) is 5.69 Å². The van der Waals surface area contributed by atoms with Gasteiger partial charge >= 0.3 is 0 Å². The Morgan fingerprint density at radius 3 is 2.44 bits per heavy atom. The molecule has 1 unspecified atom stereocenters. The van der Waals surface area contributed by atoms with E-state index in [1.807, 2.05) is 0 Å². The van der Waals surface area contributed by atoms with Gasteiger partial charge < -0.3 is 0 Å². The Bertz CT molecular complexity index is 547. The van der Waals surface area contributed by atoms with Crippen LogP contribution in [0.3, 0.4) is 0 Å². The lowest BCUT2D eigenvalue weighted by Crippen LogP contribution is -1.97. The van der Waals surface area contributed by atoms with Crippen molar-refractivity contribution < 1.29 is 0 Å². The van der Waals surface area contributed by atoms with Crippen LogP contribution in [-0.4, -0.2) is 15.0 Å². The smallest absolute Gasteiger partial charge is 0.104 e. The summed E-state index contributed by atoms with van der Waals surface area (Å²) in [6, 6.07) is 3.24. The molecule has 18 heavy (non-hydrogen) atoms. The third-order valence-electron chi connectivity index (χ3n) is 2.40. The maximum atomic E-state index is 6.12. The SMILES string of the molecule is CCC(Br)c1cn(-c2c(Cl)cc(Cl)cc2Cl)nn1. The average molecular weight is 369 g/mol. The molecule has 0 aliphatic carbocycles. The van der Waals surface area contributed by atoms with E-state index in [1.165, 1.54) is 0 Å². The Hall–Kier alpha value is -0.290. The van der Waals surface area contributed by atoms with Crippen LogP contribution in [0.5, 0.6) is 0 Å². The fourth-order valence-corrected chi connectivity index (χ4v) is 2.69. The largest absolute Gasteiger partial charge is 0.217 e. The summed E-state index contributed by atoms with van der Waals surface area (Å²) in [5, 5.41) is 9.48. The van der Waals surface area contributed by atoms with Gasteiger partial charge in [0.05, 0.1) is 26.8 Å². The molecule has 0 N–H and O–H groups in total. The molecule has 0 saturated carbocycles. The highest BCUT2D eigenvalue weighted by molar-refractivity contribution is 9.09. The van der Waals surface area contributed by atoms with Crippen molar-refractivity contribution in [2.24, 2.45) is 0 Å². The second-order valence-corrected chi connectivity index (χ2v) is 6.04. The predicted octanol–water partition coefficient (Wildman–Crippen LogP) is 5.07. The molecule has 0 saturated heterocycles. The molecule has 3 nitrogen and oxygen atoms in total. The van der Waals surface area contributed by atoms with Crippen molar-refractivity contribution in [1.82, 2.24) is 15.0 Å². The van der Waals surface area contributed by atoms with Gasteiger partial charge in [-0.05, 0) is 18.6 Å². The molecule has 1 aromatic heterocycles. The summed E-state index contributed by atoms with van der Waals surface area (Å²) < 4.78 is 1.56. The van der Waals surface area contributed by atoms with Crippen LogP contribution in [0.1, 0.15) is 23.9 Å². The van der Waals surface area contributed by atoms with Crippen molar-refractivity contribution in [1.29, 1.82) is 0 Å². The molecule has 0 spiro atoms. The molecule has 96 valence electrons. The lowest BCUT2D eigenvalue weighted by atomic mass is 10.2. The molecular formula is C11H9BrCl3N3. The number of hydrogen-bond donors (Lipinski definition) is 0. The molecule has 1 atom stereocenters. The van der Waals surface area contributed by atoms with Gasteiger partial charge in [-0.1, -0.05) is 62.9 Å². The molecular weight excluding hydrogens is 360 g/mol. The van der Waals surface area contributed by atoms with Crippen molar-refractivity contribution in [2.75, 3.05) is 0 Å². The van der Waals surface area contributed by atoms with E-state index in [-0.39, 0.29) is 4.83 Å². The molecule has 1 aromatic carbocycles. The van der Waals surface area contributed by atoms with Crippen molar-refractivity contribution in [2.45, 2.75) is 18.2 Å². The van der Waals surface area contributed by atoms with Gasteiger partial charge in [0.25, 0.3) is 0 Å². The fraction of sp³-hybridized carbons (Fsp3) is 0.273. The molecule has 2 rings (SSSR count). The van der Waals surface area contributed by atoms with Crippen LogP contribution in [0.4, 0.5) is 0 Å². The number of halogens is 4. The summed E-state index contributed by atoms with van der Waals surface area (Å²) in [4.78, 5) is 0.163. The van der Waals surface area contributed by atoms with E-state index >= 15 is 0 Å². The Kier molecular flexibility index (Phi) is 4.54. The third kappa shape index (κ3) is 2.82. The van der Waals surface area contributed by atoms with E-state index in [0.29, 0.717) is 20.8 Å². The number of nitrogens with zero attached hydrogens (tertiary/aromatic N) is 3. The van der Waals surface area contributed by atoms with Gasteiger partial charge in [0, 0.05) is 5.02 Å². The quantitative estimate of drug-likeness (QED) is 0.707. The lowest BCUT2D eigenvalue weighted by molar-refractivity contribution is 0.790. The number of alkyl halides is 1. The van der Waals surface area contributed by atoms with E-state index in [9.17, 15) is 0 Å². The standard InChI is InChI=1S/C11H9BrCl3N3/c1-2-7(12)10-5-18(17-16-10)11-8(14)3-6(13)4-9(11)15/h3-5,7H,2H2,1H3. The third-order valence-corrected chi connectivity index (χ3v) is 4.31. The topological polar surface area (TPSA) is 30.7 Å². The van der Waals surface area contributed by atoms with Crippen LogP contribution < -0.4 is 0 Å². The Morgan fingerprint density at radius 2 is 1.89 bits per heavy atom. The van der Waals surface area contributed by atoms with Gasteiger partial charge in [-0.25, -0.2) is 4.68 Å². The van der Waals surface area contributed by atoms with Crippen LogP contribution in [-0.2, 0) is 0 Å². The number of rotatable bonds is 3. The van der Waals surface area contributed by atoms with Crippen LogP contribution in [0.2, 0.25) is 15.1 Å². The van der Waals surface area contributed by atoms with Crippen LogP contribution in [0, 0.1) is 0 Å². The molecule has 0 bridgehead atoms. The monoisotopic (exact) mass is 367 g/mol. The highest BCUT2D eigenvalue weighted by atomic mass is 79.9. The minimum absolute atomic E-state index is 0.163. The number of benzene rings is 1. The first-order chi connectivity index (χ1) is 8.52. The molecule has 0 amide bonds. The predicted molar refractivity (Wildman–Crippen MR) is 78.3 cm³/mol. The molecule has 0 aliphatic rings. The van der Waals surface area contributed by atoms with E-state index in [4.69, 9.17) is 34.8 Å². The maximum absolute atomic E-state index is 6.12. The van der Waals surface area contributed by atoms with Crippen LogP contribution in [0.15, 0.2) is 18.3 Å². The highest BCUT2D eigenvalue weighted by Gasteiger charge is 2.15. The summed E-state index contributed by atoms with van der Waals surface area (Å²) in [6.45, 7) is 2.06. The molecule has 0 aliphatic heterocycles. The number of hydrogen-bond acceptors (Lipinski definition) is 2. The van der Waals surface area contributed by atoms with Gasteiger partial charge in [-0.2, -0.15) is 0 Å². The molecule has 1 heterocycles. The Labute approximate surface area is 128 Å². The first-order valence-electron chi connectivity index (χ1n) is 5.24. The van der Waals surface area contributed by atoms with Crippen LogP contribution >= 0.6 is 50.7 Å². The summed E-state index contributed by atoms with van der Waals surface area (Å²) in [6.07, 6.45) is 2.71. The Balaban J connectivity index is 2.46. The minimum Gasteiger partial charge on any atom is -0.217 e. The van der Waals surface area contributed by atoms with Gasteiger partial charge in [0.15, 0.2) is 0 Å². The van der Waals surface area contributed by atoms with Crippen molar-refractivity contribution in [3.63, 3.8) is 0 Å². The second kappa shape index (κ2) is 5.78. The van der Waals surface area contributed by atoms with E-state index in [0.717, 1.165) is 12.1 Å². The summed E-state index contributed by atoms with van der Waals surface area (Å²) in [5.74, 6) is 0. The molecule has 0 fully saturated rings. The van der Waals surface area contributed by atoms with E-state index in [2.05, 4.69) is 33.2 Å². The van der Waals surface area contributed by atoms with E-state index < -0.39 is 0 Å². The average Bonchev–Trinajstić information content (AvgIpc) is 2.76. The molecule has 7 heteroatoms.